The molecule has 0 saturated heterocycles. The SMILES string of the molecule is CCCn1ncnc1CC(=O)C1(N)CCCC1. The average molecular weight is 236 g/mol. The van der Waals surface area contributed by atoms with Crippen molar-refractivity contribution in [2.75, 3.05) is 0 Å². The molecule has 1 heterocycles. The standard InChI is InChI=1S/C12H20N4O/c1-2-7-16-11(14-9-15-16)8-10(17)12(13)5-3-4-6-12/h9H,2-8,13H2,1H3. The van der Waals surface area contributed by atoms with E-state index in [2.05, 4.69) is 17.0 Å². The first-order valence-electron chi connectivity index (χ1n) is 6.34. The Hall–Kier alpha value is -1.23. The van der Waals surface area contributed by atoms with Gasteiger partial charge in [-0.05, 0) is 19.3 Å². The molecule has 0 atom stereocenters. The molecule has 0 amide bonds. The number of ketones is 1. The summed E-state index contributed by atoms with van der Waals surface area (Å²) in [5.41, 5.74) is 5.53. The maximum atomic E-state index is 12.2. The molecule has 5 heteroatoms. The lowest BCUT2D eigenvalue weighted by Gasteiger charge is -2.21. The average Bonchev–Trinajstić information content (AvgIpc) is 2.90. The van der Waals surface area contributed by atoms with Gasteiger partial charge in [0.25, 0.3) is 0 Å². The summed E-state index contributed by atoms with van der Waals surface area (Å²) in [6, 6.07) is 0. The third kappa shape index (κ3) is 2.54. The third-order valence-corrected chi connectivity index (χ3v) is 3.50. The van der Waals surface area contributed by atoms with E-state index in [0.717, 1.165) is 44.5 Å². The molecule has 1 aliphatic carbocycles. The molecule has 0 aliphatic heterocycles. The van der Waals surface area contributed by atoms with Gasteiger partial charge in [-0.3, -0.25) is 4.79 Å². The van der Waals surface area contributed by atoms with Crippen LogP contribution in [-0.4, -0.2) is 26.1 Å². The highest BCUT2D eigenvalue weighted by molar-refractivity contribution is 5.89. The highest BCUT2D eigenvalue weighted by Gasteiger charge is 2.37. The second kappa shape index (κ2) is 4.96. The molecule has 17 heavy (non-hydrogen) atoms. The number of hydrogen-bond donors (Lipinski definition) is 1. The van der Waals surface area contributed by atoms with Crippen molar-refractivity contribution < 1.29 is 4.79 Å². The van der Waals surface area contributed by atoms with Crippen molar-refractivity contribution in [3.8, 4) is 0 Å². The molecule has 94 valence electrons. The number of carbonyl (C=O) groups is 1. The van der Waals surface area contributed by atoms with E-state index >= 15 is 0 Å². The van der Waals surface area contributed by atoms with Crippen molar-refractivity contribution in [3.05, 3.63) is 12.2 Å². The van der Waals surface area contributed by atoms with Crippen molar-refractivity contribution in [1.82, 2.24) is 14.8 Å². The molecule has 2 N–H and O–H groups in total. The van der Waals surface area contributed by atoms with E-state index in [-0.39, 0.29) is 5.78 Å². The summed E-state index contributed by atoms with van der Waals surface area (Å²) in [6.07, 6.45) is 6.56. The van der Waals surface area contributed by atoms with Gasteiger partial charge in [-0.15, -0.1) is 0 Å². The summed E-state index contributed by atoms with van der Waals surface area (Å²) < 4.78 is 1.80. The zero-order valence-electron chi connectivity index (χ0n) is 10.4. The molecule has 0 spiro atoms. The van der Waals surface area contributed by atoms with Gasteiger partial charge in [0.2, 0.25) is 0 Å². The van der Waals surface area contributed by atoms with E-state index in [9.17, 15) is 4.79 Å². The fourth-order valence-electron chi connectivity index (χ4n) is 2.43. The van der Waals surface area contributed by atoms with Gasteiger partial charge in [0, 0.05) is 6.54 Å². The third-order valence-electron chi connectivity index (χ3n) is 3.50. The second-order valence-electron chi connectivity index (χ2n) is 4.86. The lowest BCUT2D eigenvalue weighted by Crippen LogP contribution is -2.46. The molecule has 1 saturated carbocycles. The number of aryl methyl sites for hydroxylation is 1. The Labute approximate surface area is 101 Å². The van der Waals surface area contributed by atoms with E-state index in [1.54, 1.807) is 4.68 Å². The van der Waals surface area contributed by atoms with Crippen LogP contribution >= 0.6 is 0 Å². The number of hydrogen-bond acceptors (Lipinski definition) is 4. The van der Waals surface area contributed by atoms with Crippen molar-refractivity contribution in [3.63, 3.8) is 0 Å². The van der Waals surface area contributed by atoms with Gasteiger partial charge >= 0.3 is 0 Å². The van der Waals surface area contributed by atoms with Gasteiger partial charge in [0.15, 0.2) is 5.78 Å². The number of carbonyl (C=O) groups excluding carboxylic acids is 1. The predicted octanol–water partition coefficient (Wildman–Crippen LogP) is 1.07. The van der Waals surface area contributed by atoms with Crippen molar-refractivity contribution in [1.29, 1.82) is 0 Å². The number of Topliss-reactive ketones (excluding diaryl/α,β-unsaturated/α-hetero) is 1. The normalized spacial score (nSPS) is 18.5. The van der Waals surface area contributed by atoms with Gasteiger partial charge < -0.3 is 5.73 Å². The van der Waals surface area contributed by atoms with Crippen LogP contribution in [0.1, 0.15) is 44.9 Å². The van der Waals surface area contributed by atoms with Crippen molar-refractivity contribution in [2.24, 2.45) is 5.73 Å². The maximum Gasteiger partial charge on any atom is 0.160 e. The number of nitrogens with zero attached hydrogens (tertiary/aromatic N) is 3. The summed E-state index contributed by atoms with van der Waals surface area (Å²) >= 11 is 0. The monoisotopic (exact) mass is 236 g/mol. The van der Waals surface area contributed by atoms with Crippen LogP contribution in [0.25, 0.3) is 0 Å². The highest BCUT2D eigenvalue weighted by Crippen LogP contribution is 2.28. The minimum absolute atomic E-state index is 0.111. The smallest absolute Gasteiger partial charge is 0.160 e. The number of nitrogens with two attached hydrogens (primary N) is 1. The van der Waals surface area contributed by atoms with E-state index < -0.39 is 5.54 Å². The molecule has 2 rings (SSSR count). The van der Waals surface area contributed by atoms with E-state index in [0.29, 0.717) is 6.42 Å². The Morgan fingerprint density at radius 3 is 2.88 bits per heavy atom. The van der Waals surface area contributed by atoms with Gasteiger partial charge in [0.1, 0.15) is 12.2 Å². The lowest BCUT2D eigenvalue weighted by molar-refractivity contribution is -0.123. The fourth-order valence-corrected chi connectivity index (χ4v) is 2.43. The summed E-state index contributed by atoms with van der Waals surface area (Å²) in [5, 5.41) is 4.12. The number of aromatic nitrogens is 3. The maximum absolute atomic E-state index is 12.2. The Kier molecular flexibility index (Phi) is 3.57. The van der Waals surface area contributed by atoms with Gasteiger partial charge in [-0.25, -0.2) is 9.67 Å². The lowest BCUT2D eigenvalue weighted by atomic mass is 9.91. The van der Waals surface area contributed by atoms with Crippen LogP contribution in [0.3, 0.4) is 0 Å². The molecule has 0 aromatic carbocycles. The van der Waals surface area contributed by atoms with Crippen LogP contribution in [0, 0.1) is 0 Å². The van der Waals surface area contributed by atoms with Gasteiger partial charge in [0.05, 0.1) is 12.0 Å². The van der Waals surface area contributed by atoms with E-state index in [1.807, 2.05) is 0 Å². The highest BCUT2D eigenvalue weighted by atomic mass is 16.1. The minimum atomic E-state index is -0.608. The largest absolute Gasteiger partial charge is 0.319 e. The fraction of sp³-hybridized carbons (Fsp3) is 0.750. The summed E-state index contributed by atoms with van der Waals surface area (Å²) in [7, 11) is 0. The molecule has 1 aromatic heterocycles. The molecular formula is C12H20N4O. The molecule has 1 fully saturated rings. The van der Waals surface area contributed by atoms with E-state index in [4.69, 9.17) is 5.73 Å². The number of rotatable bonds is 5. The summed E-state index contributed by atoms with van der Waals surface area (Å²) in [5.74, 6) is 0.855. The summed E-state index contributed by atoms with van der Waals surface area (Å²) in [6.45, 7) is 2.88. The van der Waals surface area contributed by atoms with E-state index in [1.165, 1.54) is 6.33 Å². The van der Waals surface area contributed by atoms with Crippen molar-refractivity contribution in [2.45, 2.75) is 57.5 Å². The molecule has 0 unspecified atom stereocenters. The molecular weight excluding hydrogens is 216 g/mol. The van der Waals surface area contributed by atoms with Gasteiger partial charge in [-0.1, -0.05) is 19.8 Å². The second-order valence-corrected chi connectivity index (χ2v) is 4.86. The predicted molar refractivity (Wildman–Crippen MR) is 64.4 cm³/mol. The molecule has 5 nitrogen and oxygen atoms in total. The van der Waals surface area contributed by atoms with Crippen LogP contribution in [0.5, 0.6) is 0 Å². The van der Waals surface area contributed by atoms with Crippen LogP contribution in [0.2, 0.25) is 0 Å². The molecule has 1 aliphatic rings. The Balaban J connectivity index is 2.04. The van der Waals surface area contributed by atoms with Crippen molar-refractivity contribution >= 4 is 5.78 Å². The molecule has 1 aromatic rings. The Bertz CT molecular complexity index is 393. The van der Waals surface area contributed by atoms with Gasteiger partial charge in [-0.2, -0.15) is 5.10 Å². The van der Waals surface area contributed by atoms with Crippen LogP contribution in [0.15, 0.2) is 6.33 Å². The first-order valence-corrected chi connectivity index (χ1v) is 6.34. The minimum Gasteiger partial charge on any atom is -0.319 e. The Morgan fingerprint density at radius 1 is 1.53 bits per heavy atom. The molecule has 0 bridgehead atoms. The first kappa shape index (κ1) is 12.2. The Morgan fingerprint density at radius 2 is 2.24 bits per heavy atom. The zero-order chi connectivity index (χ0) is 12.3. The van der Waals surface area contributed by atoms with Crippen LogP contribution in [0.4, 0.5) is 0 Å². The summed E-state index contributed by atoms with van der Waals surface area (Å²) in [4.78, 5) is 16.3. The van der Waals surface area contributed by atoms with Crippen LogP contribution < -0.4 is 5.73 Å². The quantitative estimate of drug-likeness (QED) is 0.830. The zero-order valence-corrected chi connectivity index (χ0v) is 10.4. The first-order chi connectivity index (χ1) is 8.15. The topological polar surface area (TPSA) is 73.8 Å². The molecule has 0 radical (unpaired) electrons. The van der Waals surface area contributed by atoms with Crippen LogP contribution in [-0.2, 0) is 17.8 Å².